The number of aliphatic carboxylic acids is 1. The van der Waals surface area contributed by atoms with Crippen molar-refractivity contribution in [3.63, 3.8) is 0 Å². The molecular weight excluding hydrogens is 626 g/mol. The molecule has 2 atom stereocenters. The van der Waals surface area contributed by atoms with E-state index in [1.54, 1.807) is 42.5 Å². The number of benzene rings is 3. The molecular formula is C32H32ClF3N3NiO3-. The molecule has 11 heteroatoms. The van der Waals surface area contributed by atoms with Gasteiger partial charge in [0.2, 0.25) is 0 Å². The van der Waals surface area contributed by atoms with Gasteiger partial charge in [0, 0.05) is 27.1 Å². The number of carbonyl (C=O) groups is 2. The number of nitrogens with zero attached hydrogens (tertiary/aromatic N) is 3. The Bertz CT molecular complexity index is 1470. The van der Waals surface area contributed by atoms with Gasteiger partial charge in [0.25, 0.3) is 0 Å². The number of alkyl halides is 3. The molecule has 1 saturated heterocycles. The second-order valence-electron chi connectivity index (χ2n) is 10.5. The molecule has 0 aromatic heterocycles. The summed E-state index contributed by atoms with van der Waals surface area (Å²) >= 11 is 6.41. The van der Waals surface area contributed by atoms with Gasteiger partial charge in [-0.2, -0.15) is 13.2 Å². The summed E-state index contributed by atoms with van der Waals surface area (Å²) < 4.78 is 40.1. The van der Waals surface area contributed by atoms with Crippen LogP contribution in [-0.4, -0.2) is 52.3 Å². The fraction of sp³-hybridized carbons (Fsp3) is 0.344. The first-order valence-electron chi connectivity index (χ1n) is 13.7. The summed E-state index contributed by atoms with van der Waals surface area (Å²) in [4.78, 5) is 32.3. The minimum absolute atomic E-state index is 0. The molecule has 232 valence electrons. The number of likely N-dealkylation sites (tertiary alicyclic amines) is 1. The summed E-state index contributed by atoms with van der Waals surface area (Å²) in [5, 5.41) is 14.6. The number of aliphatic imine (C=N–C) groups is 1. The molecule has 0 spiro atoms. The monoisotopic (exact) mass is 656 g/mol. The van der Waals surface area contributed by atoms with Crippen molar-refractivity contribution in [3.05, 3.63) is 105 Å². The van der Waals surface area contributed by atoms with Crippen LogP contribution in [0.4, 0.5) is 18.9 Å². The van der Waals surface area contributed by atoms with Crippen LogP contribution in [0.3, 0.4) is 0 Å². The van der Waals surface area contributed by atoms with E-state index >= 15 is 0 Å². The number of hydrogen-bond donors (Lipinski definition) is 1. The van der Waals surface area contributed by atoms with E-state index < -0.39 is 35.7 Å². The minimum atomic E-state index is -4.54. The van der Waals surface area contributed by atoms with Gasteiger partial charge in [-0.15, -0.1) is 5.69 Å². The molecule has 1 fully saturated rings. The predicted octanol–water partition coefficient (Wildman–Crippen LogP) is 7.69. The van der Waals surface area contributed by atoms with Gasteiger partial charge in [-0.3, -0.25) is 14.7 Å². The SMILES string of the molecule is CCN1CCC[C@]1(C)C(=O)[N-]c1ccc(Cl)cc1C(=N[C@@H](CC(=O)O)Cc1cccc(C(F)(F)F)c1)c1ccccc1.[Ni]. The quantitative estimate of drug-likeness (QED) is 0.179. The third kappa shape index (κ3) is 8.46. The van der Waals surface area contributed by atoms with Crippen molar-refractivity contribution in [2.24, 2.45) is 4.99 Å². The number of rotatable bonds is 10. The first kappa shape index (κ1) is 34.3. The molecule has 3 aromatic rings. The van der Waals surface area contributed by atoms with E-state index in [-0.39, 0.29) is 28.8 Å². The number of likely N-dealkylation sites (N-methyl/N-ethyl adjacent to an activating group) is 1. The van der Waals surface area contributed by atoms with Crippen LogP contribution in [0, 0.1) is 0 Å². The molecule has 0 bridgehead atoms. The Hall–Kier alpha value is -3.20. The number of halogens is 4. The van der Waals surface area contributed by atoms with Crippen LogP contribution in [0.2, 0.25) is 5.02 Å². The molecule has 0 saturated carbocycles. The Morgan fingerprint density at radius 1 is 1.09 bits per heavy atom. The third-order valence-electron chi connectivity index (χ3n) is 7.56. The van der Waals surface area contributed by atoms with E-state index in [0.717, 1.165) is 25.1 Å². The Labute approximate surface area is 264 Å². The van der Waals surface area contributed by atoms with Gasteiger partial charge >= 0.3 is 12.1 Å². The van der Waals surface area contributed by atoms with E-state index in [0.29, 0.717) is 46.1 Å². The molecule has 0 aliphatic carbocycles. The average molecular weight is 658 g/mol. The maximum absolute atomic E-state index is 13.6. The first-order chi connectivity index (χ1) is 19.9. The van der Waals surface area contributed by atoms with Crippen LogP contribution in [-0.2, 0) is 38.7 Å². The summed E-state index contributed by atoms with van der Waals surface area (Å²) in [6.07, 6.45) is -3.47. The van der Waals surface area contributed by atoms with E-state index in [4.69, 9.17) is 16.6 Å². The number of carbonyl (C=O) groups excluding carboxylic acids is 1. The smallest absolute Gasteiger partial charge is 0.416 e. The van der Waals surface area contributed by atoms with Crippen molar-refractivity contribution >= 4 is 34.9 Å². The topological polar surface area (TPSA) is 84.1 Å². The fourth-order valence-electron chi connectivity index (χ4n) is 5.38. The van der Waals surface area contributed by atoms with Gasteiger partial charge in [0.15, 0.2) is 0 Å². The fourth-order valence-corrected chi connectivity index (χ4v) is 5.56. The molecule has 1 N–H and O–H groups in total. The summed E-state index contributed by atoms with van der Waals surface area (Å²) in [6, 6.07) is 17.7. The zero-order valence-electron chi connectivity index (χ0n) is 23.7. The molecule has 0 radical (unpaired) electrons. The molecule has 0 unspecified atom stereocenters. The molecule has 6 nitrogen and oxygen atoms in total. The summed E-state index contributed by atoms with van der Waals surface area (Å²) in [6.45, 7) is 5.38. The van der Waals surface area contributed by atoms with Gasteiger partial charge in [-0.25, -0.2) is 0 Å². The molecule has 1 aliphatic rings. The molecule has 3 aromatic carbocycles. The minimum Gasteiger partial charge on any atom is -0.625 e. The maximum Gasteiger partial charge on any atom is 0.416 e. The van der Waals surface area contributed by atoms with Crippen molar-refractivity contribution < 1.29 is 44.4 Å². The van der Waals surface area contributed by atoms with Gasteiger partial charge in [0.05, 0.1) is 35.2 Å². The zero-order valence-corrected chi connectivity index (χ0v) is 25.4. The first-order valence-corrected chi connectivity index (χ1v) is 14.1. The largest absolute Gasteiger partial charge is 0.625 e. The van der Waals surface area contributed by atoms with E-state index in [2.05, 4.69) is 10.2 Å². The Morgan fingerprint density at radius 3 is 2.47 bits per heavy atom. The van der Waals surface area contributed by atoms with Crippen molar-refractivity contribution in [2.45, 2.75) is 57.3 Å². The van der Waals surface area contributed by atoms with Crippen molar-refractivity contribution in [1.29, 1.82) is 0 Å². The number of carboxylic acid groups (broad SMARTS) is 1. The molecule has 1 aliphatic heterocycles. The van der Waals surface area contributed by atoms with Gasteiger partial charge in [-0.05, 0) is 68.6 Å². The molecule has 43 heavy (non-hydrogen) atoms. The number of amides is 1. The number of hydrogen-bond acceptors (Lipinski definition) is 4. The molecule has 4 rings (SSSR count). The Kier molecular flexibility index (Phi) is 11.6. The van der Waals surface area contributed by atoms with Crippen molar-refractivity contribution in [3.8, 4) is 0 Å². The van der Waals surface area contributed by atoms with Crippen LogP contribution >= 0.6 is 11.6 Å². The maximum atomic E-state index is 13.6. The van der Waals surface area contributed by atoms with Gasteiger partial charge in [0.1, 0.15) is 0 Å². The second kappa shape index (κ2) is 14.5. The zero-order chi connectivity index (χ0) is 30.5. The Balaban J connectivity index is 0.00000506. The second-order valence-corrected chi connectivity index (χ2v) is 11.0. The van der Waals surface area contributed by atoms with Gasteiger partial charge in [-0.1, -0.05) is 73.1 Å². The summed E-state index contributed by atoms with van der Waals surface area (Å²) in [5.74, 6) is -1.45. The normalized spacial score (nSPS) is 18.1. The average Bonchev–Trinajstić information content (AvgIpc) is 3.34. The van der Waals surface area contributed by atoms with E-state index in [9.17, 15) is 27.9 Å². The third-order valence-corrected chi connectivity index (χ3v) is 7.80. The molecule has 1 heterocycles. The van der Waals surface area contributed by atoms with Crippen molar-refractivity contribution in [2.75, 3.05) is 13.1 Å². The van der Waals surface area contributed by atoms with Gasteiger partial charge < -0.3 is 15.2 Å². The van der Waals surface area contributed by atoms with E-state index in [1.165, 1.54) is 12.1 Å². The van der Waals surface area contributed by atoms with Crippen LogP contribution in [0.15, 0.2) is 77.8 Å². The number of carboxylic acids is 1. The predicted molar refractivity (Wildman–Crippen MR) is 158 cm³/mol. The van der Waals surface area contributed by atoms with Crippen LogP contribution < -0.4 is 0 Å². The van der Waals surface area contributed by atoms with Crippen LogP contribution in [0.25, 0.3) is 5.32 Å². The van der Waals surface area contributed by atoms with Crippen molar-refractivity contribution in [1.82, 2.24) is 4.90 Å². The van der Waals surface area contributed by atoms with Crippen LogP contribution in [0.5, 0.6) is 0 Å². The summed E-state index contributed by atoms with van der Waals surface area (Å²) in [7, 11) is 0. The molecule has 1 amide bonds. The Morgan fingerprint density at radius 2 is 1.81 bits per heavy atom. The van der Waals surface area contributed by atoms with E-state index in [1.807, 2.05) is 19.9 Å². The standard InChI is InChI=1S/C32H33ClF3N3O3.Ni/c1-3-39-16-8-15-31(39,2)30(42)38-27-14-13-24(33)19-26(27)29(22-10-5-4-6-11-22)37-25(20-28(40)41)18-21-9-7-12-23(17-21)32(34,35)36;/h4-7,9-14,17,19,25H,3,8,15-16,18,20H2,1-2H3,(H2,37,38,40,41,42);/p-1/t25-,31-;/m1./s1. The van der Waals surface area contributed by atoms with Crippen LogP contribution in [0.1, 0.15) is 55.4 Å². The summed E-state index contributed by atoms with van der Waals surface area (Å²) in [5.41, 5.74) is 0.419.